The molecule has 1 aliphatic heterocycles. The van der Waals surface area contributed by atoms with Gasteiger partial charge in [0.2, 0.25) is 0 Å². The number of hydrogen-bond acceptors (Lipinski definition) is 4. The van der Waals surface area contributed by atoms with Crippen LogP contribution in [-0.2, 0) is 4.79 Å². The van der Waals surface area contributed by atoms with Gasteiger partial charge in [-0.05, 0) is 18.4 Å². The number of likely N-dealkylation sites (tertiary alicyclic amines) is 1. The first-order valence-corrected chi connectivity index (χ1v) is 7.27. The second-order valence-electron chi connectivity index (χ2n) is 4.98. The van der Waals surface area contributed by atoms with Crippen molar-refractivity contribution in [3.8, 4) is 0 Å². The Morgan fingerprint density at radius 1 is 1.55 bits per heavy atom. The van der Waals surface area contributed by atoms with Crippen molar-refractivity contribution in [1.82, 2.24) is 9.80 Å². The quantitative estimate of drug-likeness (QED) is 0.883. The number of β-amino-alcohol motifs (C(OH)–C–C–N with tert-alkyl or cyclic N) is 1. The highest BCUT2D eigenvalue weighted by atomic mass is 32.1. The first-order valence-electron chi connectivity index (χ1n) is 6.39. The summed E-state index contributed by atoms with van der Waals surface area (Å²) < 4.78 is 0. The van der Waals surface area contributed by atoms with Crippen LogP contribution in [0.3, 0.4) is 0 Å². The SMILES string of the molecule is CC(c1cccs1)N(C)C(=O)N1CC(O)C[C@H]1C(=O)O. The highest BCUT2D eigenvalue weighted by Gasteiger charge is 2.40. The number of thiophene rings is 1. The lowest BCUT2D eigenvalue weighted by Gasteiger charge is -2.31. The zero-order chi connectivity index (χ0) is 14.9. The molecule has 0 saturated carbocycles. The van der Waals surface area contributed by atoms with E-state index in [1.165, 1.54) is 9.80 Å². The van der Waals surface area contributed by atoms with E-state index in [0.717, 1.165) is 4.88 Å². The molecule has 20 heavy (non-hydrogen) atoms. The Labute approximate surface area is 121 Å². The molecule has 1 saturated heterocycles. The summed E-state index contributed by atoms with van der Waals surface area (Å²) in [6.45, 7) is 1.96. The summed E-state index contributed by atoms with van der Waals surface area (Å²) in [4.78, 5) is 27.4. The normalized spacial score (nSPS) is 23.6. The smallest absolute Gasteiger partial charge is 0.326 e. The lowest BCUT2D eigenvalue weighted by Crippen LogP contribution is -2.47. The molecule has 110 valence electrons. The van der Waals surface area contributed by atoms with Gasteiger partial charge in [0.1, 0.15) is 6.04 Å². The van der Waals surface area contributed by atoms with Crippen molar-refractivity contribution in [2.75, 3.05) is 13.6 Å². The predicted molar refractivity (Wildman–Crippen MR) is 74.6 cm³/mol. The van der Waals surface area contributed by atoms with Crippen molar-refractivity contribution in [3.63, 3.8) is 0 Å². The van der Waals surface area contributed by atoms with Crippen LogP contribution in [0.2, 0.25) is 0 Å². The maximum atomic E-state index is 12.4. The predicted octanol–water partition coefficient (Wildman–Crippen LogP) is 1.38. The fourth-order valence-corrected chi connectivity index (χ4v) is 3.17. The fraction of sp³-hybridized carbons (Fsp3) is 0.538. The van der Waals surface area contributed by atoms with Crippen molar-refractivity contribution in [2.45, 2.75) is 31.5 Å². The van der Waals surface area contributed by atoms with Crippen molar-refractivity contribution in [1.29, 1.82) is 0 Å². The Kier molecular flexibility index (Phi) is 4.29. The molecule has 7 heteroatoms. The summed E-state index contributed by atoms with van der Waals surface area (Å²) in [7, 11) is 1.65. The molecule has 0 spiro atoms. The maximum Gasteiger partial charge on any atom is 0.326 e. The Morgan fingerprint density at radius 3 is 2.80 bits per heavy atom. The third kappa shape index (κ3) is 2.78. The van der Waals surface area contributed by atoms with Crippen LogP contribution in [0, 0.1) is 0 Å². The molecule has 0 aliphatic carbocycles. The van der Waals surface area contributed by atoms with E-state index in [4.69, 9.17) is 5.11 Å². The Morgan fingerprint density at radius 2 is 2.25 bits per heavy atom. The molecule has 2 rings (SSSR count). The largest absolute Gasteiger partial charge is 0.480 e. The van der Waals surface area contributed by atoms with E-state index in [9.17, 15) is 14.7 Å². The van der Waals surface area contributed by atoms with E-state index in [2.05, 4.69) is 0 Å². The molecule has 1 aliphatic rings. The van der Waals surface area contributed by atoms with Gasteiger partial charge in [0, 0.05) is 24.9 Å². The minimum absolute atomic E-state index is 0.0668. The maximum absolute atomic E-state index is 12.4. The van der Waals surface area contributed by atoms with E-state index in [-0.39, 0.29) is 25.0 Å². The molecule has 0 aromatic carbocycles. The van der Waals surface area contributed by atoms with E-state index in [1.54, 1.807) is 18.4 Å². The summed E-state index contributed by atoms with van der Waals surface area (Å²) in [6, 6.07) is 2.40. The summed E-state index contributed by atoms with van der Waals surface area (Å²) >= 11 is 1.55. The van der Waals surface area contributed by atoms with Crippen LogP contribution in [0.5, 0.6) is 0 Å². The lowest BCUT2D eigenvalue weighted by molar-refractivity contribution is -0.141. The number of carboxylic acid groups (broad SMARTS) is 1. The van der Waals surface area contributed by atoms with Crippen LogP contribution in [0.1, 0.15) is 24.3 Å². The van der Waals surface area contributed by atoms with Gasteiger partial charge in [0.25, 0.3) is 0 Å². The van der Waals surface area contributed by atoms with Crippen LogP contribution < -0.4 is 0 Å². The van der Waals surface area contributed by atoms with Crippen molar-refractivity contribution < 1.29 is 19.8 Å². The summed E-state index contributed by atoms with van der Waals surface area (Å²) in [5.41, 5.74) is 0. The molecule has 3 atom stereocenters. The van der Waals surface area contributed by atoms with Gasteiger partial charge in [-0.15, -0.1) is 11.3 Å². The molecule has 1 fully saturated rings. The first kappa shape index (κ1) is 14.8. The number of amides is 2. The van der Waals surface area contributed by atoms with Gasteiger partial charge in [0.05, 0.1) is 12.1 Å². The molecular weight excluding hydrogens is 280 g/mol. The minimum Gasteiger partial charge on any atom is -0.480 e. The number of carbonyl (C=O) groups is 2. The molecular formula is C13H18N2O4S. The van der Waals surface area contributed by atoms with Gasteiger partial charge in [-0.25, -0.2) is 9.59 Å². The third-order valence-corrected chi connectivity index (χ3v) is 4.69. The average Bonchev–Trinajstić information content (AvgIpc) is 3.04. The van der Waals surface area contributed by atoms with Crippen LogP contribution in [0.15, 0.2) is 17.5 Å². The average molecular weight is 298 g/mol. The second-order valence-corrected chi connectivity index (χ2v) is 5.96. The molecule has 1 aromatic rings. The molecule has 2 N–H and O–H groups in total. The molecule has 2 unspecified atom stereocenters. The number of aliphatic carboxylic acids is 1. The molecule has 2 heterocycles. The summed E-state index contributed by atoms with van der Waals surface area (Å²) in [5, 5.41) is 20.7. The van der Waals surface area contributed by atoms with E-state index >= 15 is 0 Å². The highest BCUT2D eigenvalue weighted by Crippen LogP contribution is 2.27. The minimum atomic E-state index is -1.08. The highest BCUT2D eigenvalue weighted by molar-refractivity contribution is 7.10. The van der Waals surface area contributed by atoms with E-state index in [0.29, 0.717) is 0 Å². The Hall–Kier alpha value is -1.60. The fourth-order valence-electron chi connectivity index (χ4n) is 2.35. The van der Waals surface area contributed by atoms with Crippen LogP contribution in [0.25, 0.3) is 0 Å². The second kappa shape index (κ2) is 5.80. The van der Waals surface area contributed by atoms with Crippen molar-refractivity contribution in [2.24, 2.45) is 0 Å². The molecule has 6 nitrogen and oxygen atoms in total. The molecule has 2 amide bonds. The van der Waals surface area contributed by atoms with Crippen molar-refractivity contribution in [3.05, 3.63) is 22.4 Å². The standard InChI is InChI=1S/C13H18N2O4S/c1-8(11-4-3-5-20-11)14(2)13(19)15-7-9(16)6-10(15)12(17)18/h3-5,8-10,16H,6-7H2,1-2H3,(H,17,18)/t8?,9?,10-/m0/s1. The van der Waals surface area contributed by atoms with Gasteiger partial charge in [0.15, 0.2) is 0 Å². The molecule has 0 bridgehead atoms. The molecule has 0 radical (unpaired) electrons. The van der Waals surface area contributed by atoms with Crippen LogP contribution in [-0.4, -0.2) is 57.8 Å². The number of rotatable bonds is 3. The zero-order valence-electron chi connectivity index (χ0n) is 11.4. The molecule has 1 aromatic heterocycles. The monoisotopic (exact) mass is 298 g/mol. The Bertz CT molecular complexity index is 491. The van der Waals surface area contributed by atoms with Gasteiger partial charge >= 0.3 is 12.0 Å². The van der Waals surface area contributed by atoms with Gasteiger partial charge < -0.3 is 20.0 Å². The topological polar surface area (TPSA) is 81.1 Å². The zero-order valence-corrected chi connectivity index (χ0v) is 12.2. The van der Waals surface area contributed by atoms with Crippen molar-refractivity contribution >= 4 is 23.3 Å². The van der Waals surface area contributed by atoms with Gasteiger partial charge in [-0.1, -0.05) is 6.07 Å². The number of aliphatic hydroxyl groups is 1. The summed E-state index contributed by atoms with van der Waals surface area (Å²) in [6.07, 6.45) is -0.687. The number of aliphatic hydroxyl groups excluding tert-OH is 1. The third-order valence-electron chi connectivity index (χ3n) is 3.65. The number of hydrogen-bond donors (Lipinski definition) is 2. The van der Waals surface area contributed by atoms with Gasteiger partial charge in [-0.2, -0.15) is 0 Å². The number of carbonyl (C=O) groups excluding carboxylic acids is 1. The van der Waals surface area contributed by atoms with E-state index in [1.807, 2.05) is 24.4 Å². The number of nitrogens with zero attached hydrogens (tertiary/aromatic N) is 2. The van der Waals surface area contributed by atoms with Crippen LogP contribution >= 0.6 is 11.3 Å². The Balaban J connectivity index is 2.12. The van der Waals surface area contributed by atoms with E-state index < -0.39 is 18.1 Å². The number of urea groups is 1. The lowest BCUT2D eigenvalue weighted by atomic mass is 10.2. The van der Waals surface area contributed by atoms with Crippen LogP contribution in [0.4, 0.5) is 4.79 Å². The van der Waals surface area contributed by atoms with Gasteiger partial charge in [-0.3, -0.25) is 0 Å². The first-order chi connectivity index (χ1) is 9.41. The number of carboxylic acids is 1. The summed E-state index contributed by atoms with van der Waals surface area (Å²) in [5.74, 6) is -1.08.